The highest BCUT2D eigenvalue weighted by Gasteiger charge is 2.06. The summed E-state index contributed by atoms with van der Waals surface area (Å²) < 4.78 is 29.6. The molecule has 2 aromatic carbocycles. The van der Waals surface area contributed by atoms with Crippen molar-refractivity contribution in [2.24, 2.45) is 5.73 Å². The van der Waals surface area contributed by atoms with Crippen molar-refractivity contribution in [3.8, 4) is 0 Å². The number of hydrogen-bond donors (Lipinski definition) is 3. The van der Waals surface area contributed by atoms with Gasteiger partial charge in [-0.05, 0) is 36.8 Å². The van der Waals surface area contributed by atoms with Crippen LogP contribution in [-0.2, 0) is 16.7 Å². The van der Waals surface area contributed by atoms with E-state index in [1.165, 1.54) is 17.7 Å². The lowest BCUT2D eigenvalue weighted by Gasteiger charge is -2.02. The highest BCUT2D eigenvalue weighted by molar-refractivity contribution is 7.85. The van der Waals surface area contributed by atoms with Gasteiger partial charge < -0.3 is 11.1 Å². The van der Waals surface area contributed by atoms with Crippen LogP contribution in [0.5, 0.6) is 0 Å². The standard InChI is InChI=1S/C8H10N2S.C7H8O3S.H2S/c9-8(11)10-6-7-4-2-1-3-5-7;1-6-2-4-7(5-3-6)11(8,9)10;/h1-5H,6H2,(H3,9,10,11);2-5H,1H3,(H,8,9,10);1H2. The highest BCUT2D eigenvalue weighted by Crippen LogP contribution is 2.08. The van der Waals surface area contributed by atoms with E-state index in [4.69, 9.17) is 10.3 Å². The molecule has 0 bridgehead atoms. The van der Waals surface area contributed by atoms with Gasteiger partial charge in [0.1, 0.15) is 0 Å². The molecule has 0 spiro atoms. The van der Waals surface area contributed by atoms with Gasteiger partial charge in [-0.2, -0.15) is 21.9 Å². The van der Waals surface area contributed by atoms with Gasteiger partial charge in [0.2, 0.25) is 0 Å². The average Bonchev–Trinajstić information content (AvgIpc) is 2.46. The van der Waals surface area contributed by atoms with Crippen LogP contribution in [-0.4, -0.2) is 18.1 Å². The summed E-state index contributed by atoms with van der Waals surface area (Å²) in [6, 6.07) is 16.0. The van der Waals surface area contributed by atoms with Crippen LogP contribution in [0.2, 0.25) is 0 Å². The van der Waals surface area contributed by atoms with Gasteiger partial charge in [0, 0.05) is 6.54 Å². The van der Waals surface area contributed by atoms with Crippen LogP contribution >= 0.6 is 25.7 Å². The quantitative estimate of drug-likeness (QED) is 0.566. The molecule has 0 aliphatic carbocycles. The van der Waals surface area contributed by atoms with E-state index in [1.54, 1.807) is 12.1 Å². The fraction of sp³-hybridized carbons (Fsp3) is 0.133. The molecule has 0 heterocycles. The Morgan fingerprint density at radius 1 is 1.13 bits per heavy atom. The van der Waals surface area contributed by atoms with E-state index in [1.807, 2.05) is 37.3 Å². The summed E-state index contributed by atoms with van der Waals surface area (Å²) in [5.41, 5.74) is 7.40. The lowest BCUT2D eigenvalue weighted by molar-refractivity contribution is 0.483. The zero-order chi connectivity index (χ0) is 16.6. The summed E-state index contributed by atoms with van der Waals surface area (Å²) in [7, 11) is -4.02. The van der Waals surface area contributed by atoms with Crippen molar-refractivity contribution in [3.63, 3.8) is 0 Å². The second-order valence-electron chi connectivity index (χ2n) is 4.49. The van der Waals surface area contributed by atoms with Crippen LogP contribution in [0, 0.1) is 6.92 Å². The highest BCUT2D eigenvalue weighted by atomic mass is 32.2. The third-order valence-electron chi connectivity index (χ3n) is 2.63. The molecule has 0 amide bonds. The Bertz CT molecular complexity index is 703. The molecule has 8 heteroatoms. The van der Waals surface area contributed by atoms with Crippen LogP contribution in [0.25, 0.3) is 0 Å². The van der Waals surface area contributed by atoms with Crippen molar-refractivity contribution in [2.45, 2.75) is 18.4 Å². The lowest BCUT2D eigenvalue weighted by atomic mass is 10.2. The molecule has 23 heavy (non-hydrogen) atoms. The zero-order valence-corrected chi connectivity index (χ0v) is 15.2. The number of nitrogens with two attached hydrogens (primary N) is 1. The van der Waals surface area contributed by atoms with Crippen molar-refractivity contribution >= 4 is 40.9 Å². The fourth-order valence-corrected chi connectivity index (χ4v) is 2.05. The molecular formula is C15H20N2O3S3. The molecule has 2 rings (SSSR count). The molecule has 4 N–H and O–H groups in total. The minimum Gasteiger partial charge on any atom is -0.376 e. The van der Waals surface area contributed by atoms with Gasteiger partial charge in [0.25, 0.3) is 10.1 Å². The molecule has 126 valence electrons. The van der Waals surface area contributed by atoms with Gasteiger partial charge in [-0.1, -0.05) is 48.0 Å². The van der Waals surface area contributed by atoms with Crippen molar-refractivity contribution in [1.82, 2.24) is 5.32 Å². The number of hydrogen-bond acceptors (Lipinski definition) is 3. The first-order valence-electron chi connectivity index (χ1n) is 6.40. The van der Waals surface area contributed by atoms with Crippen LogP contribution in [0.15, 0.2) is 59.5 Å². The molecule has 0 saturated heterocycles. The minimum atomic E-state index is -4.02. The van der Waals surface area contributed by atoms with Gasteiger partial charge in [-0.15, -0.1) is 0 Å². The molecule has 0 unspecified atom stereocenters. The number of benzene rings is 2. The second-order valence-corrected chi connectivity index (χ2v) is 6.35. The maximum atomic E-state index is 10.5. The van der Waals surface area contributed by atoms with Crippen LogP contribution in [0.1, 0.15) is 11.1 Å². The van der Waals surface area contributed by atoms with Gasteiger partial charge in [0.15, 0.2) is 5.11 Å². The topological polar surface area (TPSA) is 92.4 Å². The molecule has 0 saturated carbocycles. The number of thiocarbonyl (C=S) groups is 1. The molecule has 2 aromatic rings. The third kappa shape index (κ3) is 9.19. The predicted molar refractivity (Wildman–Crippen MR) is 101 cm³/mol. The SMILES string of the molecule is Cc1ccc(S(=O)(=O)O)cc1.NC(=S)NCc1ccccc1.S. The third-order valence-corrected chi connectivity index (χ3v) is 3.64. The summed E-state index contributed by atoms with van der Waals surface area (Å²) in [4.78, 5) is -0.0666. The first kappa shape index (κ1) is 21.4. The van der Waals surface area contributed by atoms with Crippen molar-refractivity contribution < 1.29 is 13.0 Å². The Morgan fingerprint density at radius 2 is 1.65 bits per heavy atom. The Morgan fingerprint density at radius 3 is 2.09 bits per heavy atom. The second kappa shape index (κ2) is 10.2. The van der Waals surface area contributed by atoms with Crippen LogP contribution < -0.4 is 11.1 Å². The summed E-state index contributed by atoms with van der Waals surface area (Å²) in [6.07, 6.45) is 0. The fourth-order valence-electron chi connectivity index (χ4n) is 1.50. The average molecular weight is 373 g/mol. The minimum absolute atomic E-state index is 0. The first-order chi connectivity index (χ1) is 10.3. The van der Waals surface area contributed by atoms with E-state index in [2.05, 4.69) is 17.5 Å². The maximum Gasteiger partial charge on any atom is 0.294 e. The molecule has 0 fully saturated rings. The molecule has 0 aromatic heterocycles. The van der Waals surface area contributed by atoms with E-state index >= 15 is 0 Å². The van der Waals surface area contributed by atoms with Crippen molar-refractivity contribution in [3.05, 3.63) is 65.7 Å². The first-order valence-corrected chi connectivity index (χ1v) is 8.25. The van der Waals surface area contributed by atoms with Crippen LogP contribution in [0.3, 0.4) is 0 Å². The molecule has 0 aliphatic rings. The van der Waals surface area contributed by atoms with E-state index in [0.29, 0.717) is 11.7 Å². The number of nitrogens with one attached hydrogen (secondary N) is 1. The predicted octanol–water partition coefficient (Wildman–Crippen LogP) is 2.37. The number of aryl methyl sites for hydroxylation is 1. The summed E-state index contributed by atoms with van der Waals surface area (Å²) in [6.45, 7) is 2.55. The Kier molecular flexibility index (Phi) is 9.50. The van der Waals surface area contributed by atoms with E-state index in [9.17, 15) is 8.42 Å². The summed E-state index contributed by atoms with van der Waals surface area (Å²) in [5, 5.41) is 3.21. The largest absolute Gasteiger partial charge is 0.376 e. The number of rotatable bonds is 3. The van der Waals surface area contributed by atoms with Gasteiger partial charge >= 0.3 is 0 Å². The van der Waals surface area contributed by atoms with Crippen molar-refractivity contribution in [1.29, 1.82) is 0 Å². The van der Waals surface area contributed by atoms with Gasteiger partial charge in [0.05, 0.1) is 4.90 Å². The Labute approximate surface area is 149 Å². The van der Waals surface area contributed by atoms with Crippen LogP contribution in [0.4, 0.5) is 0 Å². The lowest BCUT2D eigenvalue weighted by Crippen LogP contribution is -2.28. The Balaban J connectivity index is 0.000000403. The van der Waals surface area contributed by atoms with Crippen molar-refractivity contribution in [2.75, 3.05) is 0 Å². The van der Waals surface area contributed by atoms with E-state index in [-0.39, 0.29) is 18.4 Å². The molecule has 0 radical (unpaired) electrons. The summed E-state index contributed by atoms with van der Waals surface area (Å²) in [5.74, 6) is 0. The van der Waals surface area contributed by atoms with E-state index < -0.39 is 10.1 Å². The van der Waals surface area contributed by atoms with Gasteiger partial charge in [-0.3, -0.25) is 4.55 Å². The summed E-state index contributed by atoms with van der Waals surface area (Å²) >= 11 is 4.66. The zero-order valence-electron chi connectivity index (χ0n) is 12.6. The van der Waals surface area contributed by atoms with Gasteiger partial charge in [-0.25, -0.2) is 0 Å². The molecule has 5 nitrogen and oxygen atoms in total. The monoisotopic (exact) mass is 372 g/mol. The molecular weight excluding hydrogens is 352 g/mol. The normalized spacial score (nSPS) is 9.83. The molecule has 0 atom stereocenters. The van der Waals surface area contributed by atoms with E-state index in [0.717, 1.165) is 5.56 Å². The smallest absolute Gasteiger partial charge is 0.294 e. The maximum absolute atomic E-state index is 10.5. The Hall–Kier alpha value is -1.61. The molecule has 0 aliphatic heterocycles.